The van der Waals surface area contributed by atoms with E-state index < -0.39 is 0 Å². The predicted molar refractivity (Wildman–Crippen MR) is 69.2 cm³/mol. The minimum Gasteiger partial charge on any atom is -0.366 e. The molecule has 0 saturated heterocycles. The minimum absolute atomic E-state index is 0.127. The van der Waals surface area contributed by atoms with E-state index in [9.17, 15) is 4.79 Å². The Morgan fingerprint density at radius 3 is 2.00 bits per heavy atom. The Balaban J connectivity index is 4.67. The molecule has 3 heteroatoms. The van der Waals surface area contributed by atoms with Crippen LogP contribution in [0.5, 0.6) is 0 Å². The van der Waals surface area contributed by atoms with Gasteiger partial charge in [-0.25, -0.2) is 0 Å². The zero-order valence-electron chi connectivity index (χ0n) is 11.0. The summed E-state index contributed by atoms with van der Waals surface area (Å²) >= 11 is 0. The average Bonchev–Trinajstić information content (AvgIpc) is 2.24. The lowest BCUT2D eigenvalue weighted by Gasteiger charge is -2.31. The molecular formula is C13H26N2O. The topological polar surface area (TPSA) is 46.3 Å². The van der Waals surface area contributed by atoms with Gasteiger partial charge in [-0.1, -0.05) is 33.8 Å². The number of nitrogens with two attached hydrogens (primary N) is 1. The first-order valence-corrected chi connectivity index (χ1v) is 6.31. The molecule has 0 saturated carbocycles. The van der Waals surface area contributed by atoms with Crippen LogP contribution in [0.2, 0.25) is 0 Å². The number of hydrogen-bond donors (Lipinski definition) is 1. The maximum absolute atomic E-state index is 11.2. The van der Waals surface area contributed by atoms with E-state index >= 15 is 0 Å². The number of nitrogens with zero attached hydrogens (tertiary/aromatic N) is 1. The maximum atomic E-state index is 11.2. The maximum Gasteiger partial charge on any atom is 0.245 e. The summed E-state index contributed by atoms with van der Waals surface area (Å²) < 4.78 is 0. The zero-order chi connectivity index (χ0) is 12.6. The Bertz CT molecular complexity index is 220. The Morgan fingerprint density at radius 1 is 1.19 bits per heavy atom. The fraction of sp³-hybridized carbons (Fsp3) is 0.769. The third-order valence-electron chi connectivity index (χ3n) is 2.74. The third kappa shape index (κ3) is 4.79. The summed E-state index contributed by atoms with van der Waals surface area (Å²) in [6.07, 6.45) is 4.18. The van der Waals surface area contributed by atoms with Crippen molar-refractivity contribution in [3.05, 3.63) is 12.2 Å². The van der Waals surface area contributed by atoms with Crippen LogP contribution in [-0.2, 0) is 4.79 Å². The second-order valence-electron chi connectivity index (χ2n) is 4.23. The Morgan fingerprint density at radius 2 is 1.69 bits per heavy atom. The normalized spacial score (nSPS) is 12.8. The molecule has 0 aromatic heterocycles. The van der Waals surface area contributed by atoms with E-state index in [1.54, 1.807) is 0 Å². The van der Waals surface area contributed by atoms with Crippen molar-refractivity contribution in [2.75, 3.05) is 13.1 Å². The van der Waals surface area contributed by atoms with Gasteiger partial charge in [-0.3, -0.25) is 9.69 Å². The van der Waals surface area contributed by atoms with Gasteiger partial charge in [0.15, 0.2) is 0 Å². The van der Waals surface area contributed by atoms with Gasteiger partial charge in [0.1, 0.15) is 0 Å². The second kappa shape index (κ2) is 8.34. The molecule has 0 aliphatic rings. The monoisotopic (exact) mass is 226 g/mol. The summed E-state index contributed by atoms with van der Waals surface area (Å²) in [6.45, 7) is 12.3. The fourth-order valence-electron chi connectivity index (χ4n) is 2.01. The number of carbonyl (C=O) groups excluding carboxylic acids is 1. The van der Waals surface area contributed by atoms with Crippen molar-refractivity contribution in [2.24, 2.45) is 5.73 Å². The Kier molecular flexibility index (Phi) is 7.90. The molecule has 0 fully saturated rings. The van der Waals surface area contributed by atoms with Gasteiger partial charge in [-0.2, -0.15) is 0 Å². The zero-order valence-corrected chi connectivity index (χ0v) is 11.0. The van der Waals surface area contributed by atoms with E-state index in [4.69, 9.17) is 5.73 Å². The van der Waals surface area contributed by atoms with Crippen molar-refractivity contribution < 1.29 is 4.79 Å². The summed E-state index contributed by atoms with van der Waals surface area (Å²) in [5, 5.41) is 0. The molecular weight excluding hydrogens is 200 g/mol. The summed E-state index contributed by atoms with van der Waals surface area (Å²) in [6, 6.07) is 0.127. The Hall–Kier alpha value is -0.830. The van der Waals surface area contributed by atoms with Crippen LogP contribution in [0.3, 0.4) is 0 Å². The van der Waals surface area contributed by atoms with E-state index in [1.807, 2.05) is 0 Å². The quantitative estimate of drug-likeness (QED) is 0.613. The van der Waals surface area contributed by atoms with Crippen molar-refractivity contribution in [3.8, 4) is 0 Å². The Labute approximate surface area is 99.7 Å². The number of hydrogen-bond acceptors (Lipinski definition) is 2. The number of amides is 1. The first-order chi connectivity index (χ1) is 7.58. The lowest BCUT2D eigenvalue weighted by Crippen LogP contribution is -2.41. The predicted octanol–water partition coefficient (Wildman–Crippen LogP) is 2.32. The van der Waals surface area contributed by atoms with Crippen LogP contribution in [0.25, 0.3) is 0 Å². The van der Waals surface area contributed by atoms with Gasteiger partial charge in [0, 0.05) is 11.6 Å². The van der Waals surface area contributed by atoms with Gasteiger partial charge in [-0.05, 0) is 32.4 Å². The largest absolute Gasteiger partial charge is 0.366 e. The van der Waals surface area contributed by atoms with E-state index in [-0.39, 0.29) is 11.9 Å². The van der Waals surface area contributed by atoms with Crippen LogP contribution in [-0.4, -0.2) is 29.9 Å². The summed E-state index contributed by atoms with van der Waals surface area (Å²) in [4.78, 5) is 13.6. The number of rotatable bonds is 9. The van der Waals surface area contributed by atoms with Crippen molar-refractivity contribution in [1.82, 2.24) is 4.90 Å². The molecule has 16 heavy (non-hydrogen) atoms. The van der Waals surface area contributed by atoms with Crippen LogP contribution in [0.1, 0.15) is 46.5 Å². The number of carbonyl (C=O) groups is 1. The molecule has 3 nitrogen and oxygen atoms in total. The molecule has 2 N–H and O–H groups in total. The molecule has 0 aromatic carbocycles. The molecule has 0 aliphatic carbocycles. The van der Waals surface area contributed by atoms with Gasteiger partial charge in [-0.15, -0.1) is 0 Å². The standard InChI is InChI=1S/C13H26N2O/c1-5-8-12(11(4)13(14)16)15(9-6-2)10-7-3/h12H,4-10H2,1-3H3,(H2,14,16). The minimum atomic E-state index is -0.365. The third-order valence-corrected chi connectivity index (χ3v) is 2.74. The van der Waals surface area contributed by atoms with Gasteiger partial charge in [0.25, 0.3) is 0 Å². The molecule has 0 rings (SSSR count). The first kappa shape index (κ1) is 15.2. The van der Waals surface area contributed by atoms with Crippen LogP contribution < -0.4 is 5.73 Å². The highest BCUT2D eigenvalue weighted by atomic mass is 16.1. The first-order valence-electron chi connectivity index (χ1n) is 6.31. The lowest BCUT2D eigenvalue weighted by atomic mass is 10.0. The van der Waals surface area contributed by atoms with Gasteiger partial charge < -0.3 is 5.73 Å². The molecule has 94 valence electrons. The molecule has 1 atom stereocenters. The van der Waals surface area contributed by atoms with E-state index in [0.717, 1.165) is 38.8 Å². The van der Waals surface area contributed by atoms with Gasteiger partial charge >= 0.3 is 0 Å². The molecule has 0 radical (unpaired) electrons. The van der Waals surface area contributed by atoms with Crippen molar-refractivity contribution in [3.63, 3.8) is 0 Å². The summed E-state index contributed by atoms with van der Waals surface area (Å²) in [7, 11) is 0. The van der Waals surface area contributed by atoms with Crippen LogP contribution in [0.15, 0.2) is 12.2 Å². The summed E-state index contributed by atoms with van der Waals surface area (Å²) in [5.41, 5.74) is 5.89. The molecule has 0 aliphatic heterocycles. The molecule has 0 heterocycles. The van der Waals surface area contributed by atoms with Gasteiger partial charge in [0.2, 0.25) is 5.91 Å². The van der Waals surface area contributed by atoms with Crippen LogP contribution in [0.4, 0.5) is 0 Å². The van der Waals surface area contributed by atoms with E-state index in [1.165, 1.54) is 0 Å². The van der Waals surface area contributed by atoms with Crippen LogP contribution >= 0.6 is 0 Å². The second-order valence-corrected chi connectivity index (χ2v) is 4.23. The highest BCUT2D eigenvalue weighted by molar-refractivity contribution is 5.92. The van der Waals surface area contributed by atoms with Crippen molar-refractivity contribution >= 4 is 5.91 Å². The highest BCUT2D eigenvalue weighted by Gasteiger charge is 2.22. The smallest absolute Gasteiger partial charge is 0.245 e. The van der Waals surface area contributed by atoms with Crippen molar-refractivity contribution in [1.29, 1.82) is 0 Å². The molecule has 1 unspecified atom stereocenters. The van der Waals surface area contributed by atoms with Crippen molar-refractivity contribution in [2.45, 2.75) is 52.5 Å². The molecule has 0 spiro atoms. The molecule has 1 amide bonds. The van der Waals surface area contributed by atoms with E-state index in [2.05, 4.69) is 32.3 Å². The van der Waals surface area contributed by atoms with Crippen LogP contribution in [0, 0.1) is 0 Å². The number of primary amides is 1. The molecule has 0 bridgehead atoms. The fourth-order valence-corrected chi connectivity index (χ4v) is 2.01. The van der Waals surface area contributed by atoms with Gasteiger partial charge in [0.05, 0.1) is 0 Å². The summed E-state index contributed by atoms with van der Waals surface area (Å²) in [5.74, 6) is -0.365. The van der Waals surface area contributed by atoms with E-state index in [0.29, 0.717) is 5.57 Å². The highest BCUT2D eigenvalue weighted by Crippen LogP contribution is 2.16. The average molecular weight is 226 g/mol. The molecule has 0 aromatic rings. The lowest BCUT2D eigenvalue weighted by molar-refractivity contribution is -0.115. The SMILES string of the molecule is C=C(C(N)=O)C(CCC)N(CCC)CCC.